The lowest BCUT2D eigenvalue weighted by molar-refractivity contribution is 0.607. The van der Waals surface area contributed by atoms with Crippen LogP contribution in [0.2, 0.25) is 5.02 Å². The van der Waals surface area contributed by atoms with Gasteiger partial charge in [-0.1, -0.05) is 72.3 Å². The lowest BCUT2D eigenvalue weighted by Crippen LogP contribution is -2.09. The fourth-order valence-electron chi connectivity index (χ4n) is 3.33. The van der Waals surface area contributed by atoms with E-state index in [0.29, 0.717) is 10.7 Å². The zero-order valence-corrected chi connectivity index (χ0v) is 17.3. The van der Waals surface area contributed by atoms with Crippen LogP contribution in [0, 0.1) is 0 Å². The quantitative estimate of drug-likeness (QED) is 0.418. The molecule has 4 rings (SSSR count). The number of fused-ring (bicyclic) bond motifs is 2. The number of benzene rings is 3. The second-order valence-electron chi connectivity index (χ2n) is 6.79. The molecule has 29 heavy (non-hydrogen) atoms. The Hall–Kier alpha value is -3.04. The smallest absolute Gasteiger partial charge is 0.229 e. The first-order valence-electron chi connectivity index (χ1n) is 9.02. The molecule has 1 aliphatic carbocycles. The highest BCUT2D eigenvalue weighted by Gasteiger charge is 2.16. The van der Waals surface area contributed by atoms with Crippen LogP contribution in [-0.4, -0.2) is 14.7 Å². The van der Waals surface area contributed by atoms with Gasteiger partial charge in [0.2, 0.25) is 10.0 Å². The Labute approximate surface area is 175 Å². The number of anilines is 1. The number of sulfonamides is 1. The SMILES string of the molecule is CS(=O)(=O)Nc1cccc(C=C=C2c3ccccc3C=Cc3c(Cl)cccc32)c1. The highest BCUT2D eigenvalue weighted by atomic mass is 35.5. The van der Waals surface area contributed by atoms with Gasteiger partial charge in [0, 0.05) is 21.8 Å². The van der Waals surface area contributed by atoms with Crippen molar-refractivity contribution >= 4 is 51.1 Å². The first-order valence-corrected chi connectivity index (χ1v) is 11.3. The highest BCUT2D eigenvalue weighted by Crippen LogP contribution is 2.36. The molecule has 0 saturated carbocycles. The zero-order chi connectivity index (χ0) is 20.4. The third kappa shape index (κ3) is 4.36. The minimum absolute atomic E-state index is 0.513. The molecule has 1 N–H and O–H groups in total. The van der Waals surface area contributed by atoms with Crippen molar-refractivity contribution in [3.05, 3.63) is 105 Å². The molecule has 1 aliphatic rings. The van der Waals surface area contributed by atoms with Gasteiger partial charge in [-0.05, 0) is 46.5 Å². The number of halogens is 1. The summed E-state index contributed by atoms with van der Waals surface area (Å²) in [5, 5.41) is 0.685. The molecule has 0 fully saturated rings. The Kier molecular flexibility index (Phi) is 5.16. The van der Waals surface area contributed by atoms with E-state index in [9.17, 15) is 8.42 Å². The number of rotatable bonds is 3. The average molecular weight is 420 g/mol. The van der Waals surface area contributed by atoms with Crippen molar-refractivity contribution in [2.45, 2.75) is 0 Å². The maximum Gasteiger partial charge on any atom is 0.229 e. The lowest BCUT2D eigenvalue weighted by atomic mass is 9.94. The van der Waals surface area contributed by atoms with E-state index in [1.165, 1.54) is 0 Å². The van der Waals surface area contributed by atoms with Crippen LogP contribution in [0.5, 0.6) is 0 Å². The molecule has 3 aromatic rings. The molecule has 0 bridgehead atoms. The van der Waals surface area contributed by atoms with Crippen molar-refractivity contribution in [3.63, 3.8) is 0 Å². The van der Waals surface area contributed by atoms with E-state index in [1.54, 1.807) is 18.2 Å². The van der Waals surface area contributed by atoms with Gasteiger partial charge in [0.15, 0.2) is 0 Å². The second-order valence-corrected chi connectivity index (χ2v) is 8.94. The van der Waals surface area contributed by atoms with Crippen LogP contribution >= 0.6 is 11.6 Å². The summed E-state index contributed by atoms with van der Waals surface area (Å²) >= 11 is 6.45. The van der Waals surface area contributed by atoms with Crippen LogP contribution in [0.25, 0.3) is 23.8 Å². The predicted molar refractivity (Wildman–Crippen MR) is 122 cm³/mol. The molecule has 0 unspecified atom stereocenters. The molecule has 0 saturated heterocycles. The van der Waals surface area contributed by atoms with Crippen molar-refractivity contribution < 1.29 is 8.42 Å². The maximum absolute atomic E-state index is 11.5. The Morgan fingerprint density at radius 1 is 0.931 bits per heavy atom. The number of hydrogen-bond donors (Lipinski definition) is 1. The fraction of sp³-hybridized carbons (Fsp3) is 0.0417. The number of hydrogen-bond acceptors (Lipinski definition) is 2. The van der Waals surface area contributed by atoms with Crippen molar-refractivity contribution in [3.8, 4) is 0 Å². The minimum Gasteiger partial charge on any atom is -0.284 e. The van der Waals surface area contributed by atoms with Gasteiger partial charge >= 0.3 is 0 Å². The van der Waals surface area contributed by atoms with Gasteiger partial charge in [0.05, 0.1) is 6.26 Å². The summed E-state index contributed by atoms with van der Waals surface area (Å²) in [5.41, 5.74) is 9.81. The van der Waals surface area contributed by atoms with E-state index < -0.39 is 10.0 Å². The molecular weight excluding hydrogens is 402 g/mol. The van der Waals surface area contributed by atoms with Crippen LogP contribution in [0.4, 0.5) is 5.69 Å². The third-order valence-corrected chi connectivity index (χ3v) is 5.49. The van der Waals surface area contributed by atoms with E-state index in [0.717, 1.165) is 39.6 Å². The molecule has 0 amide bonds. The van der Waals surface area contributed by atoms with E-state index in [1.807, 2.05) is 48.6 Å². The summed E-state index contributed by atoms with van der Waals surface area (Å²) in [6.07, 6.45) is 7.08. The van der Waals surface area contributed by atoms with Gasteiger partial charge in [-0.25, -0.2) is 8.42 Å². The molecule has 144 valence electrons. The van der Waals surface area contributed by atoms with Crippen molar-refractivity contribution in [2.75, 3.05) is 11.0 Å². The standard InChI is InChI=1S/C24H18ClNO2S/c1-29(27,28)26-19-8-4-6-17(16-19)12-14-22-20-9-3-2-7-18(20)13-15-23-21(22)10-5-11-24(23)25/h2-13,15-16,26H,1H3. The summed E-state index contributed by atoms with van der Waals surface area (Å²) in [7, 11) is -3.33. The Morgan fingerprint density at radius 3 is 2.52 bits per heavy atom. The molecule has 3 aromatic carbocycles. The van der Waals surface area contributed by atoms with Gasteiger partial charge in [0.25, 0.3) is 0 Å². The van der Waals surface area contributed by atoms with Crippen LogP contribution in [0.1, 0.15) is 27.8 Å². The molecule has 0 heterocycles. The molecule has 3 nitrogen and oxygen atoms in total. The van der Waals surface area contributed by atoms with Gasteiger partial charge < -0.3 is 0 Å². The summed E-state index contributed by atoms with van der Waals surface area (Å²) in [4.78, 5) is 0. The topological polar surface area (TPSA) is 46.2 Å². The van der Waals surface area contributed by atoms with E-state index in [-0.39, 0.29) is 0 Å². The number of nitrogens with one attached hydrogen (secondary N) is 1. The van der Waals surface area contributed by atoms with Crippen LogP contribution in [0.3, 0.4) is 0 Å². The Morgan fingerprint density at radius 2 is 1.69 bits per heavy atom. The fourth-order valence-corrected chi connectivity index (χ4v) is 4.12. The molecule has 0 spiro atoms. The molecule has 0 radical (unpaired) electrons. The Balaban J connectivity index is 1.88. The molecular formula is C24H18ClNO2S. The van der Waals surface area contributed by atoms with Crippen LogP contribution < -0.4 is 4.72 Å². The summed E-state index contributed by atoms with van der Waals surface area (Å²) < 4.78 is 25.5. The van der Waals surface area contributed by atoms with Crippen molar-refractivity contribution in [1.82, 2.24) is 0 Å². The monoisotopic (exact) mass is 419 g/mol. The average Bonchev–Trinajstić information content (AvgIpc) is 2.83. The second kappa shape index (κ2) is 7.76. The van der Waals surface area contributed by atoms with E-state index in [2.05, 4.69) is 28.7 Å². The van der Waals surface area contributed by atoms with Crippen molar-refractivity contribution in [2.24, 2.45) is 0 Å². The van der Waals surface area contributed by atoms with Gasteiger partial charge in [-0.2, -0.15) is 0 Å². The molecule has 0 atom stereocenters. The maximum atomic E-state index is 11.5. The molecule has 5 heteroatoms. The van der Waals surface area contributed by atoms with Crippen molar-refractivity contribution in [1.29, 1.82) is 0 Å². The van der Waals surface area contributed by atoms with Gasteiger partial charge in [-0.3, -0.25) is 4.72 Å². The van der Waals surface area contributed by atoms with E-state index >= 15 is 0 Å². The minimum atomic E-state index is -3.33. The largest absolute Gasteiger partial charge is 0.284 e. The van der Waals surface area contributed by atoms with Crippen LogP contribution in [-0.2, 0) is 10.0 Å². The Bertz CT molecular complexity index is 1300. The first-order chi connectivity index (χ1) is 13.9. The normalized spacial score (nSPS) is 12.4. The third-order valence-electron chi connectivity index (χ3n) is 4.55. The molecule has 0 aliphatic heterocycles. The lowest BCUT2D eigenvalue weighted by Gasteiger charge is -2.10. The first kappa shape index (κ1) is 19.3. The predicted octanol–water partition coefficient (Wildman–Crippen LogP) is 5.94. The summed E-state index contributed by atoms with van der Waals surface area (Å²) in [6, 6.07) is 21.2. The van der Waals surface area contributed by atoms with Gasteiger partial charge in [-0.15, -0.1) is 5.73 Å². The molecule has 0 aromatic heterocycles. The van der Waals surface area contributed by atoms with Gasteiger partial charge in [0.1, 0.15) is 0 Å². The summed E-state index contributed by atoms with van der Waals surface area (Å²) in [5.74, 6) is 0. The van der Waals surface area contributed by atoms with E-state index in [4.69, 9.17) is 11.6 Å². The zero-order valence-electron chi connectivity index (χ0n) is 15.7. The van der Waals surface area contributed by atoms with Crippen LogP contribution in [0.15, 0.2) is 72.5 Å². The summed E-state index contributed by atoms with van der Waals surface area (Å²) in [6.45, 7) is 0. The highest BCUT2D eigenvalue weighted by molar-refractivity contribution is 7.92.